The van der Waals surface area contributed by atoms with Crippen LogP contribution in [0.25, 0.3) is 0 Å². The van der Waals surface area contributed by atoms with Crippen molar-refractivity contribution in [2.75, 3.05) is 12.1 Å². The van der Waals surface area contributed by atoms with Gasteiger partial charge in [0.2, 0.25) is 5.91 Å². The van der Waals surface area contributed by atoms with Gasteiger partial charge in [0.15, 0.2) is 0 Å². The van der Waals surface area contributed by atoms with Crippen molar-refractivity contribution < 1.29 is 9.59 Å². The second-order valence-electron chi connectivity index (χ2n) is 4.78. The van der Waals surface area contributed by atoms with Gasteiger partial charge in [-0.05, 0) is 11.8 Å². The Morgan fingerprint density at radius 3 is 2.65 bits per heavy atom. The summed E-state index contributed by atoms with van der Waals surface area (Å²) in [7, 11) is 0. The zero-order valence-corrected chi connectivity index (χ0v) is 13.5. The first kappa shape index (κ1) is 17.0. The molecule has 0 radical (unpaired) electrons. The summed E-state index contributed by atoms with van der Waals surface area (Å²) in [5, 5.41) is 5.51. The normalized spacial score (nSPS) is 11.5. The second kappa shape index (κ2) is 8.89. The van der Waals surface area contributed by atoms with E-state index in [-0.39, 0.29) is 11.6 Å². The number of hydrogen-bond donors (Lipinski definition) is 2. The van der Waals surface area contributed by atoms with Crippen LogP contribution in [0.4, 0.5) is 0 Å². The van der Waals surface area contributed by atoms with Gasteiger partial charge in [0.25, 0.3) is 5.91 Å². The van der Waals surface area contributed by atoms with Crippen molar-refractivity contribution in [3.05, 3.63) is 60.2 Å². The van der Waals surface area contributed by atoms with Crippen LogP contribution < -0.4 is 10.6 Å². The molecule has 0 aliphatic rings. The summed E-state index contributed by atoms with van der Waals surface area (Å²) < 4.78 is 0. The standard InChI is InChI=1S/C16H18N4O2S/c1-23-11-19-15(21)13(9-12-5-3-2-4-6-12)20-16(22)14-10-17-7-8-18-14/h2-8,10,13H,9,11H2,1H3,(H,19,21)(H,20,22). The Balaban J connectivity index is 2.09. The van der Waals surface area contributed by atoms with E-state index in [9.17, 15) is 9.59 Å². The Hall–Kier alpha value is -2.41. The smallest absolute Gasteiger partial charge is 0.272 e. The monoisotopic (exact) mass is 330 g/mol. The minimum atomic E-state index is -0.668. The quantitative estimate of drug-likeness (QED) is 0.747. The summed E-state index contributed by atoms with van der Waals surface area (Å²) >= 11 is 1.50. The molecular formula is C16H18N4O2S. The Kier molecular flexibility index (Phi) is 6.56. The van der Waals surface area contributed by atoms with Crippen LogP contribution in [0.2, 0.25) is 0 Å². The fraction of sp³-hybridized carbons (Fsp3) is 0.250. The highest BCUT2D eigenvalue weighted by Crippen LogP contribution is 2.05. The van der Waals surface area contributed by atoms with E-state index in [1.165, 1.54) is 30.4 Å². The first-order chi connectivity index (χ1) is 11.2. The molecule has 6 nitrogen and oxygen atoms in total. The first-order valence-corrected chi connectivity index (χ1v) is 8.47. The summed E-state index contributed by atoms with van der Waals surface area (Å²) in [5.41, 5.74) is 1.15. The lowest BCUT2D eigenvalue weighted by Crippen LogP contribution is -2.48. The largest absolute Gasteiger partial charge is 0.345 e. The predicted octanol–water partition coefficient (Wildman–Crippen LogP) is 1.25. The molecule has 2 amide bonds. The van der Waals surface area contributed by atoms with E-state index < -0.39 is 11.9 Å². The predicted molar refractivity (Wildman–Crippen MR) is 90.0 cm³/mol. The number of hydrogen-bond acceptors (Lipinski definition) is 5. The third kappa shape index (κ3) is 5.37. The zero-order valence-electron chi connectivity index (χ0n) is 12.7. The van der Waals surface area contributed by atoms with E-state index >= 15 is 0 Å². The molecule has 0 spiro atoms. The molecule has 0 aliphatic carbocycles. The molecule has 2 aromatic rings. The number of nitrogens with one attached hydrogen (secondary N) is 2. The van der Waals surface area contributed by atoms with E-state index in [2.05, 4.69) is 20.6 Å². The van der Waals surface area contributed by atoms with E-state index in [1.54, 1.807) is 0 Å². The summed E-state index contributed by atoms with van der Waals surface area (Å²) in [4.78, 5) is 32.3. The van der Waals surface area contributed by atoms with Crippen LogP contribution >= 0.6 is 11.8 Å². The third-order valence-corrected chi connectivity index (χ3v) is 3.52. The topological polar surface area (TPSA) is 84.0 Å². The zero-order chi connectivity index (χ0) is 16.5. The van der Waals surface area contributed by atoms with Gasteiger partial charge >= 0.3 is 0 Å². The summed E-state index contributed by atoms with van der Waals surface area (Å²) in [6.45, 7) is 0. The van der Waals surface area contributed by atoms with Gasteiger partial charge in [-0.3, -0.25) is 14.6 Å². The van der Waals surface area contributed by atoms with Crippen LogP contribution in [0.15, 0.2) is 48.9 Å². The molecule has 1 heterocycles. The summed E-state index contributed by atoms with van der Waals surface area (Å²) in [6, 6.07) is 8.88. The maximum absolute atomic E-state index is 12.3. The fourth-order valence-corrected chi connectivity index (χ4v) is 2.26. The van der Waals surface area contributed by atoms with Crippen molar-refractivity contribution in [3.63, 3.8) is 0 Å². The SMILES string of the molecule is CSCNC(=O)C(Cc1ccccc1)NC(=O)c1cnccn1. The van der Waals surface area contributed by atoms with E-state index in [0.717, 1.165) is 5.56 Å². The number of nitrogens with zero attached hydrogens (tertiary/aromatic N) is 2. The Morgan fingerprint density at radius 2 is 2.00 bits per heavy atom. The molecule has 1 aromatic heterocycles. The van der Waals surface area contributed by atoms with Gasteiger partial charge in [0, 0.05) is 18.8 Å². The average molecular weight is 330 g/mol. The molecule has 1 unspecified atom stereocenters. The first-order valence-electron chi connectivity index (χ1n) is 7.08. The van der Waals surface area contributed by atoms with E-state index in [1.807, 2.05) is 36.6 Å². The van der Waals surface area contributed by atoms with Crippen LogP contribution in [-0.4, -0.2) is 40.0 Å². The highest BCUT2D eigenvalue weighted by atomic mass is 32.2. The van der Waals surface area contributed by atoms with Crippen molar-refractivity contribution in [2.45, 2.75) is 12.5 Å². The Bertz CT molecular complexity index is 637. The lowest BCUT2D eigenvalue weighted by Gasteiger charge is -2.18. The van der Waals surface area contributed by atoms with E-state index in [0.29, 0.717) is 12.3 Å². The Morgan fingerprint density at radius 1 is 1.22 bits per heavy atom. The third-order valence-electron chi connectivity index (χ3n) is 3.09. The van der Waals surface area contributed by atoms with Crippen LogP contribution in [0.1, 0.15) is 16.1 Å². The maximum atomic E-state index is 12.3. The van der Waals surface area contributed by atoms with Crippen LogP contribution in [0.3, 0.4) is 0 Å². The van der Waals surface area contributed by atoms with E-state index in [4.69, 9.17) is 0 Å². The highest BCUT2D eigenvalue weighted by Gasteiger charge is 2.22. The molecule has 1 aromatic carbocycles. The van der Waals surface area contributed by atoms with Gasteiger partial charge in [-0.25, -0.2) is 4.98 Å². The van der Waals surface area contributed by atoms with Gasteiger partial charge < -0.3 is 10.6 Å². The summed E-state index contributed by atoms with van der Waals surface area (Å²) in [6.07, 6.45) is 6.60. The van der Waals surface area contributed by atoms with Crippen molar-refractivity contribution in [2.24, 2.45) is 0 Å². The van der Waals surface area contributed by atoms with Crippen molar-refractivity contribution >= 4 is 23.6 Å². The number of carbonyl (C=O) groups excluding carboxylic acids is 2. The van der Waals surface area contributed by atoms with Crippen molar-refractivity contribution in [1.82, 2.24) is 20.6 Å². The lowest BCUT2D eigenvalue weighted by atomic mass is 10.1. The molecule has 0 aliphatic heterocycles. The molecule has 0 saturated carbocycles. The number of amides is 2. The molecule has 7 heteroatoms. The van der Waals surface area contributed by atoms with Crippen LogP contribution in [0, 0.1) is 0 Å². The number of carbonyl (C=O) groups is 2. The van der Waals surface area contributed by atoms with Crippen molar-refractivity contribution in [3.8, 4) is 0 Å². The maximum Gasteiger partial charge on any atom is 0.272 e. The average Bonchev–Trinajstić information content (AvgIpc) is 2.60. The lowest BCUT2D eigenvalue weighted by molar-refractivity contribution is -0.122. The van der Waals surface area contributed by atoms with Crippen molar-refractivity contribution in [1.29, 1.82) is 0 Å². The minimum Gasteiger partial charge on any atom is -0.345 e. The second-order valence-corrected chi connectivity index (χ2v) is 5.65. The molecule has 0 saturated heterocycles. The minimum absolute atomic E-state index is 0.184. The Labute approximate surface area is 139 Å². The number of rotatable bonds is 7. The fourth-order valence-electron chi connectivity index (χ4n) is 1.97. The van der Waals surface area contributed by atoms with Crippen LogP contribution in [-0.2, 0) is 11.2 Å². The summed E-state index contributed by atoms with van der Waals surface area (Å²) in [5.74, 6) is -0.149. The number of thioether (sulfide) groups is 1. The molecule has 120 valence electrons. The molecule has 0 bridgehead atoms. The molecule has 2 N–H and O–H groups in total. The van der Waals surface area contributed by atoms with Crippen LogP contribution in [0.5, 0.6) is 0 Å². The molecule has 1 atom stereocenters. The number of aromatic nitrogens is 2. The highest BCUT2D eigenvalue weighted by molar-refractivity contribution is 7.98. The molecule has 0 fully saturated rings. The molecule has 23 heavy (non-hydrogen) atoms. The van der Waals surface area contributed by atoms with Gasteiger partial charge in [-0.15, -0.1) is 11.8 Å². The van der Waals surface area contributed by atoms with Gasteiger partial charge in [0.1, 0.15) is 11.7 Å². The van der Waals surface area contributed by atoms with Gasteiger partial charge in [0.05, 0.1) is 12.1 Å². The van der Waals surface area contributed by atoms with Gasteiger partial charge in [-0.2, -0.15) is 0 Å². The van der Waals surface area contributed by atoms with Gasteiger partial charge in [-0.1, -0.05) is 30.3 Å². The molecular weight excluding hydrogens is 312 g/mol. The number of benzene rings is 1. The molecule has 2 rings (SSSR count).